The van der Waals surface area contributed by atoms with Gasteiger partial charge in [0.1, 0.15) is 11.8 Å². The molecule has 1 aromatic rings. The first kappa shape index (κ1) is 18.5. The summed E-state index contributed by atoms with van der Waals surface area (Å²) in [6, 6.07) is 5.85. The van der Waals surface area contributed by atoms with Crippen LogP contribution in [0.2, 0.25) is 0 Å². The van der Waals surface area contributed by atoms with Crippen LogP contribution in [-0.2, 0) is 4.74 Å². The lowest BCUT2D eigenvalue weighted by atomic mass is 10.0. The Kier molecular flexibility index (Phi) is 6.30. The second-order valence-electron chi connectivity index (χ2n) is 7.11. The molecular weight excluding hydrogens is 326 g/mol. The molecule has 1 amide bonds. The minimum atomic E-state index is -0.159. The lowest BCUT2D eigenvalue weighted by Crippen LogP contribution is -2.41. The largest absolute Gasteiger partial charge is 0.446 e. The van der Waals surface area contributed by atoms with Gasteiger partial charge in [-0.3, -0.25) is 0 Å². The zero-order valence-corrected chi connectivity index (χ0v) is 15.7. The number of carbonyl (C=O) groups excluding carboxylic acids is 1. The van der Waals surface area contributed by atoms with E-state index in [-0.39, 0.29) is 12.2 Å². The average Bonchev–Trinajstić information content (AvgIpc) is 2.64. The summed E-state index contributed by atoms with van der Waals surface area (Å²) in [5.41, 5.74) is 3.05. The van der Waals surface area contributed by atoms with Crippen molar-refractivity contribution < 1.29 is 9.53 Å². The van der Waals surface area contributed by atoms with E-state index in [1.165, 1.54) is 5.57 Å². The van der Waals surface area contributed by atoms with Crippen molar-refractivity contribution in [2.75, 3.05) is 33.2 Å². The van der Waals surface area contributed by atoms with E-state index in [0.29, 0.717) is 13.1 Å². The fourth-order valence-corrected chi connectivity index (χ4v) is 3.27. The molecule has 2 aliphatic heterocycles. The van der Waals surface area contributed by atoms with E-state index in [2.05, 4.69) is 28.8 Å². The summed E-state index contributed by atoms with van der Waals surface area (Å²) in [6.07, 6.45) is 5.48. The molecule has 0 bridgehead atoms. The number of aryl methyl sites for hydroxylation is 1. The van der Waals surface area contributed by atoms with Gasteiger partial charge in [-0.2, -0.15) is 0 Å². The van der Waals surface area contributed by atoms with Gasteiger partial charge in [0.25, 0.3) is 0 Å². The first-order valence-electron chi connectivity index (χ1n) is 9.37. The number of carbonyl (C=O) groups is 1. The molecule has 0 unspecified atom stereocenters. The van der Waals surface area contributed by atoms with Crippen molar-refractivity contribution >= 4 is 6.09 Å². The second-order valence-corrected chi connectivity index (χ2v) is 7.11. The van der Waals surface area contributed by atoms with Crippen LogP contribution in [0.25, 0.3) is 0 Å². The van der Waals surface area contributed by atoms with E-state index in [9.17, 15) is 4.79 Å². The number of rotatable bonds is 1. The van der Waals surface area contributed by atoms with Crippen LogP contribution in [0.1, 0.15) is 37.1 Å². The number of allylic oxidation sites excluding steroid dienone is 1. The molecule has 0 radical (unpaired) electrons. The number of hydrogen-bond acceptors (Lipinski definition) is 4. The Labute approximate surface area is 156 Å². The lowest BCUT2D eigenvalue weighted by Gasteiger charge is -2.32. The third-order valence-corrected chi connectivity index (χ3v) is 4.96. The molecule has 3 rings (SSSR count). The van der Waals surface area contributed by atoms with Crippen molar-refractivity contribution in [1.29, 1.82) is 0 Å². The van der Waals surface area contributed by atoms with Gasteiger partial charge in [-0.25, -0.2) is 9.78 Å². The van der Waals surface area contributed by atoms with E-state index < -0.39 is 0 Å². The summed E-state index contributed by atoms with van der Waals surface area (Å²) in [5, 5.41) is 0. The normalized spacial score (nSPS) is 18.8. The van der Waals surface area contributed by atoms with Crippen LogP contribution in [-0.4, -0.2) is 60.2 Å². The summed E-state index contributed by atoms with van der Waals surface area (Å²) in [6.45, 7) is 5.38. The number of likely N-dealkylation sites (tertiary alicyclic amines) is 2. The Morgan fingerprint density at radius 1 is 1.23 bits per heavy atom. The molecule has 0 aromatic carbocycles. The van der Waals surface area contributed by atoms with E-state index in [0.717, 1.165) is 50.2 Å². The van der Waals surface area contributed by atoms with Gasteiger partial charge >= 0.3 is 6.09 Å². The van der Waals surface area contributed by atoms with Crippen molar-refractivity contribution in [3.8, 4) is 11.8 Å². The van der Waals surface area contributed by atoms with Crippen LogP contribution in [0.5, 0.6) is 0 Å². The second kappa shape index (κ2) is 8.86. The maximum Gasteiger partial charge on any atom is 0.410 e. The summed E-state index contributed by atoms with van der Waals surface area (Å²) >= 11 is 0. The molecule has 5 heteroatoms. The quantitative estimate of drug-likeness (QED) is 0.728. The number of amides is 1. The molecule has 0 atom stereocenters. The minimum absolute atomic E-state index is 0.0725. The number of aromatic nitrogens is 1. The maximum atomic E-state index is 12.3. The average molecular weight is 353 g/mol. The number of piperidine rings is 2. The summed E-state index contributed by atoms with van der Waals surface area (Å²) in [4.78, 5) is 20.8. The van der Waals surface area contributed by atoms with Gasteiger partial charge < -0.3 is 14.5 Å². The number of nitrogens with zero attached hydrogens (tertiary/aromatic N) is 3. The molecule has 0 aliphatic carbocycles. The van der Waals surface area contributed by atoms with Crippen LogP contribution in [0.15, 0.2) is 29.8 Å². The fraction of sp³-hybridized carbons (Fsp3) is 0.524. The van der Waals surface area contributed by atoms with Gasteiger partial charge in [0, 0.05) is 31.9 Å². The predicted octanol–water partition coefficient (Wildman–Crippen LogP) is 2.99. The Bertz CT molecular complexity index is 714. The number of pyridine rings is 1. The van der Waals surface area contributed by atoms with E-state index in [1.807, 2.05) is 36.1 Å². The van der Waals surface area contributed by atoms with Crippen molar-refractivity contribution in [3.63, 3.8) is 0 Å². The zero-order chi connectivity index (χ0) is 18.4. The number of hydrogen-bond donors (Lipinski definition) is 0. The van der Waals surface area contributed by atoms with Crippen molar-refractivity contribution in [3.05, 3.63) is 41.2 Å². The van der Waals surface area contributed by atoms with E-state index >= 15 is 0 Å². The highest BCUT2D eigenvalue weighted by Gasteiger charge is 2.25. The van der Waals surface area contributed by atoms with Crippen LogP contribution >= 0.6 is 0 Å². The molecule has 0 N–H and O–H groups in total. The monoisotopic (exact) mass is 353 g/mol. The lowest BCUT2D eigenvalue weighted by molar-refractivity contribution is 0.0316. The van der Waals surface area contributed by atoms with Gasteiger partial charge in [-0.1, -0.05) is 17.6 Å². The Morgan fingerprint density at radius 3 is 2.65 bits per heavy atom. The molecule has 5 nitrogen and oxygen atoms in total. The highest BCUT2D eigenvalue weighted by Crippen LogP contribution is 2.19. The Hall–Kier alpha value is -2.32. The molecule has 1 aromatic heterocycles. The van der Waals surface area contributed by atoms with Crippen LogP contribution in [0.3, 0.4) is 0 Å². The van der Waals surface area contributed by atoms with Crippen molar-refractivity contribution in [1.82, 2.24) is 14.8 Å². The van der Waals surface area contributed by atoms with E-state index in [4.69, 9.17) is 4.74 Å². The molecule has 2 aliphatic rings. The van der Waals surface area contributed by atoms with Crippen LogP contribution in [0.4, 0.5) is 4.79 Å². The third-order valence-electron chi connectivity index (χ3n) is 4.96. The maximum absolute atomic E-state index is 12.3. The molecule has 2 fully saturated rings. The predicted molar refractivity (Wildman–Crippen MR) is 102 cm³/mol. The highest BCUT2D eigenvalue weighted by atomic mass is 16.6. The minimum Gasteiger partial charge on any atom is -0.446 e. The Balaban J connectivity index is 1.46. The third kappa shape index (κ3) is 5.34. The summed E-state index contributed by atoms with van der Waals surface area (Å²) in [5.74, 6) is 6.18. The molecule has 3 heterocycles. The SMILES string of the molecule is Cc1cccc(C#CC=C2CCN(C(=O)OC3CCN(C)CC3)CC2)n1. The smallest absolute Gasteiger partial charge is 0.410 e. The fourth-order valence-electron chi connectivity index (χ4n) is 3.27. The molecule has 0 spiro atoms. The van der Waals surface area contributed by atoms with Gasteiger partial charge in [-0.05, 0) is 63.8 Å². The van der Waals surface area contributed by atoms with Crippen molar-refractivity contribution in [2.45, 2.75) is 38.7 Å². The standard InChI is InChI=1S/C21H27N3O2/c1-17-5-3-7-19(22-17)8-4-6-18-9-15-24(16-10-18)21(25)26-20-11-13-23(2)14-12-20/h3,5-7,20H,9-16H2,1-2H3. The first-order valence-corrected chi connectivity index (χ1v) is 9.37. The van der Waals surface area contributed by atoms with Crippen LogP contribution in [0, 0.1) is 18.8 Å². The molecular formula is C21H27N3O2. The summed E-state index contributed by atoms with van der Waals surface area (Å²) in [7, 11) is 2.11. The van der Waals surface area contributed by atoms with Gasteiger partial charge in [0.2, 0.25) is 0 Å². The topological polar surface area (TPSA) is 45.7 Å². The first-order chi connectivity index (χ1) is 12.6. The van der Waals surface area contributed by atoms with Crippen LogP contribution < -0.4 is 0 Å². The molecule has 0 saturated carbocycles. The molecule has 138 valence electrons. The summed E-state index contributed by atoms with van der Waals surface area (Å²) < 4.78 is 5.67. The van der Waals surface area contributed by atoms with Crippen molar-refractivity contribution in [2.24, 2.45) is 0 Å². The molecule has 2 saturated heterocycles. The van der Waals surface area contributed by atoms with Gasteiger partial charge in [0.05, 0.1) is 0 Å². The highest BCUT2D eigenvalue weighted by molar-refractivity contribution is 5.68. The number of ether oxygens (including phenoxy) is 1. The Morgan fingerprint density at radius 2 is 1.96 bits per heavy atom. The van der Waals surface area contributed by atoms with E-state index in [1.54, 1.807) is 0 Å². The van der Waals surface area contributed by atoms with Gasteiger partial charge in [-0.15, -0.1) is 0 Å². The zero-order valence-electron chi connectivity index (χ0n) is 15.7. The van der Waals surface area contributed by atoms with Gasteiger partial charge in [0.15, 0.2) is 0 Å². The molecule has 26 heavy (non-hydrogen) atoms.